The smallest absolute Gasteiger partial charge is 0.418 e. The van der Waals surface area contributed by atoms with Crippen LogP contribution < -0.4 is 15.8 Å². The normalized spacial score (nSPS) is 22.6. The Hall–Kier alpha value is -4.11. The van der Waals surface area contributed by atoms with Crippen molar-refractivity contribution >= 4 is 23.1 Å². The number of nitrogens with two attached hydrogens (primary N) is 1. The second-order valence-electron chi connectivity index (χ2n) is 9.76. The van der Waals surface area contributed by atoms with Gasteiger partial charge in [0.2, 0.25) is 17.7 Å². The third kappa shape index (κ3) is 4.97. The van der Waals surface area contributed by atoms with E-state index in [2.05, 4.69) is 20.4 Å². The van der Waals surface area contributed by atoms with Crippen molar-refractivity contribution < 1.29 is 40.7 Å². The van der Waals surface area contributed by atoms with Crippen LogP contribution in [0.2, 0.25) is 0 Å². The molecule has 5 rings (SSSR count). The molecular weight excluding hydrogens is 548 g/mol. The van der Waals surface area contributed by atoms with Gasteiger partial charge in [-0.15, -0.1) is 0 Å². The number of carbonyl (C=O) groups is 2. The number of carbonyl (C=O) groups excluding carboxylic acids is 2. The minimum atomic E-state index is -4.79. The number of likely N-dealkylation sites (tertiary alicyclic amines) is 1. The number of halogens is 6. The highest BCUT2D eigenvalue weighted by Gasteiger charge is 2.46. The maximum atomic E-state index is 14.8. The van der Waals surface area contributed by atoms with E-state index in [1.54, 1.807) is 0 Å². The summed E-state index contributed by atoms with van der Waals surface area (Å²) in [5.74, 6) is -5.94. The second kappa shape index (κ2) is 9.82. The predicted octanol–water partition coefficient (Wildman–Crippen LogP) is 3.12. The fourth-order valence-electron chi connectivity index (χ4n) is 5.15. The van der Waals surface area contributed by atoms with E-state index in [9.17, 15) is 35.9 Å². The first-order valence-electron chi connectivity index (χ1n) is 12.1. The van der Waals surface area contributed by atoms with E-state index < -0.39 is 71.8 Å². The molecule has 1 aliphatic heterocycles. The molecule has 1 saturated heterocycles. The van der Waals surface area contributed by atoms with Gasteiger partial charge in [-0.3, -0.25) is 9.59 Å². The van der Waals surface area contributed by atoms with Gasteiger partial charge in [0, 0.05) is 37.1 Å². The topological polar surface area (TPSA) is 128 Å². The van der Waals surface area contributed by atoms with Crippen molar-refractivity contribution in [2.75, 3.05) is 25.9 Å². The standard InChI is InChI=1S/C24H23F6N7O3/c1-40-21-13(20(38)35-16-9-36(8-15(16)25)22(39)11-2-3-23(26,27)6-11)4-12(7-32-21)17-5-14(24(28,29)30)18-19(31)33-10-34-37(17)18/h4-5,7,10-11,15-16H,2-3,6,8-9H2,1H3,(H,35,38)(H2,31,33,34)/t11?,15-,16-/m0/s1. The number of ether oxygens (including phenoxy) is 1. The summed E-state index contributed by atoms with van der Waals surface area (Å²) in [6.07, 6.45) is -5.36. The first-order valence-corrected chi connectivity index (χ1v) is 12.1. The number of aromatic nitrogens is 4. The zero-order chi connectivity index (χ0) is 29.0. The highest BCUT2D eigenvalue weighted by molar-refractivity contribution is 5.98. The number of hydrogen-bond acceptors (Lipinski definition) is 7. The van der Waals surface area contributed by atoms with Crippen molar-refractivity contribution in [3.63, 3.8) is 0 Å². The summed E-state index contributed by atoms with van der Waals surface area (Å²) in [7, 11) is 1.21. The number of methoxy groups -OCH3 is 1. The average Bonchev–Trinajstić information content (AvgIpc) is 3.58. The SMILES string of the molecule is COc1ncc(-c2cc(C(F)(F)F)c3c(N)ncnn23)cc1C(=O)N[C@H]1CN(C(=O)C2CCC(F)(F)C2)C[C@@H]1F. The quantitative estimate of drug-likeness (QED) is 0.451. The van der Waals surface area contributed by atoms with Gasteiger partial charge in [0.1, 0.15) is 23.6 Å². The predicted molar refractivity (Wildman–Crippen MR) is 127 cm³/mol. The molecule has 0 aromatic carbocycles. The van der Waals surface area contributed by atoms with Gasteiger partial charge in [0.15, 0.2) is 5.82 Å². The Morgan fingerprint density at radius 1 is 1.20 bits per heavy atom. The molecule has 3 aromatic rings. The highest BCUT2D eigenvalue weighted by atomic mass is 19.4. The van der Waals surface area contributed by atoms with Crippen LogP contribution in [-0.4, -0.2) is 74.6 Å². The van der Waals surface area contributed by atoms with E-state index in [0.29, 0.717) is 0 Å². The van der Waals surface area contributed by atoms with Crippen LogP contribution in [0.15, 0.2) is 24.7 Å². The number of anilines is 1. The maximum absolute atomic E-state index is 14.8. The van der Waals surface area contributed by atoms with Crippen LogP contribution in [-0.2, 0) is 11.0 Å². The zero-order valence-electron chi connectivity index (χ0n) is 20.9. The summed E-state index contributed by atoms with van der Waals surface area (Å²) in [6.45, 7) is -0.615. The van der Waals surface area contributed by atoms with Crippen molar-refractivity contribution in [2.45, 2.75) is 43.6 Å². The fraction of sp³-hybridized carbons (Fsp3) is 0.458. The minimum absolute atomic E-state index is 0.00693. The molecule has 1 aliphatic carbocycles. The number of nitrogens with zero attached hydrogens (tertiary/aromatic N) is 5. The van der Waals surface area contributed by atoms with E-state index in [0.717, 1.165) is 21.8 Å². The molecule has 2 amide bonds. The Morgan fingerprint density at radius 3 is 2.60 bits per heavy atom. The number of fused-ring (bicyclic) bond motifs is 1. The first-order chi connectivity index (χ1) is 18.8. The number of alkyl halides is 6. The van der Waals surface area contributed by atoms with Crippen molar-refractivity contribution in [1.29, 1.82) is 0 Å². The van der Waals surface area contributed by atoms with Crippen LogP contribution in [0.3, 0.4) is 0 Å². The van der Waals surface area contributed by atoms with Crippen LogP contribution in [0.1, 0.15) is 35.2 Å². The fourth-order valence-corrected chi connectivity index (χ4v) is 5.15. The van der Waals surface area contributed by atoms with Gasteiger partial charge in [0.05, 0.1) is 31.0 Å². The molecule has 3 aromatic heterocycles. The molecule has 10 nitrogen and oxygen atoms in total. The van der Waals surface area contributed by atoms with Crippen LogP contribution in [0.5, 0.6) is 5.88 Å². The van der Waals surface area contributed by atoms with Crippen LogP contribution in [0, 0.1) is 5.92 Å². The summed E-state index contributed by atoms with van der Waals surface area (Å²) in [6, 6.07) is 0.828. The molecule has 3 N–H and O–H groups in total. The van der Waals surface area contributed by atoms with Gasteiger partial charge in [0.25, 0.3) is 5.91 Å². The van der Waals surface area contributed by atoms with Crippen LogP contribution in [0.4, 0.5) is 32.2 Å². The van der Waals surface area contributed by atoms with E-state index in [1.807, 2.05) is 0 Å². The van der Waals surface area contributed by atoms with Crippen molar-refractivity contribution in [1.82, 2.24) is 29.8 Å². The lowest BCUT2D eigenvalue weighted by molar-refractivity contribution is -0.136. The summed E-state index contributed by atoms with van der Waals surface area (Å²) in [5.41, 5.74) is 3.82. The molecule has 1 unspecified atom stereocenters. The number of hydrogen-bond donors (Lipinski definition) is 2. The number of amides is 2. The largest absolute Gasteiger partial charge is 0.480 e. The summed E-state index contributed by atoms with van der Waals surface area (Å²) >= 11 is 0. The number of rotatable bonds is 5. The molecule has 0 spiro atoms. The third-order valence-corrected chi connectivity index (χ3v) is 7.10. The molecule has 3 atom stereocenters. The van der Waals surface area contributed by atoms with Gasteiger partial charge >= 0.3 is 6.18 Å². The third-order valence-electron chi connectivity index (χ3n) is 7.10. The molecule has 0 radical (unpaired) electrons. The van der Waals surface area contributed by atoms with Gasteiger partial charge in [-0.2, -0.15) is 18.3 Å². The highest BCUT2D eigenvalue weighted by Crippen LogP contribution is 2.41. The Balaban J connectivity index is 1.40. The first kappa shape index (κ1) is 27.5. The molecule has 214 valence electrons. The lowest BCUT2D eigenvalue weighted by atomic mass is 10.1. The zero-order valence-corrected chi connectivity index (χ0v) is 20.9. The number of pyridine rings is 1. The van der Waals surface area contributed by atoms with Gasteiger partial charge in [-0.1, -0.05) is 0 Å². The lowest BCUT2D eigenvalue weighted by Gasteiger charge is -2.20. The molecule has 40 heavy (non-hydrogen) atoms. The van der Waals surface area contributed by atoms with Crippen molar-refractivity contribution in [3.05, 3.63) is 35.8 Å². The minimum Gasteiger partial charge on any atom is -0.480 e. The van der Waals surface area contributed by atoms with Crippen LogP contribution in [0.25, 0.3) is 16.8 Å². The summed E-state index contributed by atoms with van der Waals surface area (Å²) < 4.78 is 89.1. The van der Waals surface area contributed by atoms with Crippen LogP contribution >= 0.6 is 0 Å². The average molecular weight is 571 g/mol. The summed E-state index contributed by atoms with van der Waals surface area (Å²) in [4.78, 5) is 34.6. The van der Waals surface area contributed by atoms with E-state index >= 15 is 0 Å². The Bertz CT molecular complexity index is 1480. The molecule has 1 saturated carbocycles. The Labute approximate surface area is 222 Å². The van der Waals surface area contributed by atoms with Gasteiger partial charge in [-0.25, -0.2) is 27.7 Å². The maximum Gasteiger partial charge on any atom is 0.418 e. The lowest BCUT2D eigenvalue weighted by Crippen LogP contribution is -2.42. The van der Waals surface area contributed by atoms with E-state index in [-0.39, 0.29) is 42.2 Å². The Morgan fingerprint density at radius 2 is 1.95 bits per heavy atom. The Kier molecular flexibility index (Phi) is 6.74. The van der Waals surface area contributed by atoms with Gasteiger partial charge in [-0.05, 0) is 18.6 Å². The monoisotopic (exact) mass is 571 g/mol. The summed E-state index contributed by atoms with van der Waals surface area (Å²) in [5, 5.41) is 6.32. The molecule has 4 heterocycles. The van der Waals surface area contributed by atoms with Gasteiger partial charge < -0.3 is 20.7 Å². The second-order valence-corrected chi connectivity index (χ2v) is 9.76. The van der Waals surface area contributed by atoms with E-state index in [4.69, 9.17) is 10.5 Å². The molecule has 2 aliphatic rings. The molecule has 0 bridgehead atoms. The van der Waals surface area contributed by atoms with Crippen molar-refractivity contribution in [2.24, 2.45) is 5.92 Å². The molecule has 2 fully saturated rings. The van der Waals surface area contributed by atoms with Crippen molar-refractivity contribution in [3.8, 4) is 17.1 Å². The molecule has 16 heteroatoms. The van der Waals surface area contributed by atoms with E-state index in [1.165, 1.54) is 19.4 Å². The number of nitrogen functional groups attached to an aromatic ring is 1. The molecular formula is C24H23F6N7O3. The number of nitrogens with one attached hydrogen (secondary N) is 1.